The number of rotatable bonds is 6. The molecule has 0 unspecified atom stereocenters. The van der Waals surface area contributed by atoms with Crippen molar-refractivity contribution in [1.82, 2.24) is 24.8 Å². The molecular formula is C18H21N5O2. The van der Waals surface area contributed by atoms with Crippen molar-refractivity contribution >= 4 is 17.1 Å². The molecule has 0 aromatic carbocycles. The maximum absolute atomic E-state index is 12.4. The quantitative estimate of drug-likeness (QED) is 0.712. The van der Waals surface area contributed by atoms with Crippen LogP contribution in [0.15, 0.2) is 43.0 Å². The summed E-state index contributed by atoms with van der Waals surface area (Å²) in [7, 11) is 0. The molecule has 0 aliphatic carbocycles. The van der Waals surface area contributed by atoms with Crippen LogP contribution in [0, 0.1) is 5.92 Å². The van der Waals surface area contributed by atoms with Gasteiger partial charge in [-0.2, -0.15) is 0 Å². The van der Waals surface area contributed by atoms with Crippen molar-refractivity contribution in [3.8, 4) is 0 Å². The number of nitrogens with zero attached hydrogens (tertiary/aromatic N) is 4. The van der Waals surface area contributed by atoms with E-state index in [1.165, 1.54) is 6.20 Å². The second-order valence-corrected chi connectivity index (χ2v) is 6.27. The minimum absolute atomic E-state index is 0.0994. The summed E-state index contributed by atoms with van der Waals surface area (Å²) in [6.45, 7) is 4.36. The molecule has 0 bridgehead atoms. The molecule has 0 aliphatic heterocycles. The Balaban J connectivity index is 1.81. The SMILES string of the molecule is CC(C)[C@H](CO)NC(=O)c1cnc2c(c1)ncn2Cc1ccccn1. The average Bonchev–Trinajstić information content (AvgIpc) is 3.02. The number of imidazole rings is 1. The summed E-state index contributed by atoms with van der Waals surface area (Å²) in [6, 6.07) is 7.17. The molecule has 3 aromatic rings. The van der Waals surface area contributed by atoms with E-state index in [0.29, 0.717) is 23.3 Å². The van der Waals surface area contributed by atoms with Crippen LogP contribution in [-0.2, 0) is 6.54 Å². The summed E-state index contributed by atoms with van der Waals surface area (Å²) in [5, 5.41) is 12.2. The lowest BCUT2D eigenvalue weighted by atomic mass is 10.1. The van der Waals surface area contributed by atoms with Crippen molar-refractivity contribution in [2.75, 3.05) is 6.61 Å². The summed E-state index contributed by atoms with van der Waals surface area (Å²) < 4.78 is 1.89. The minimum atomic E-state index is -0.287. The molecule has 3 rings (SSSR count). The molecule has 0 radical (unpaired) electrons. The Kier molecular flexibility index (Phi) is 5.04. The number of hydrogen-bond acceptors (Lipinski definition) is 5. The Labute approximate surface area is 145 Å². The van der Waals surface area contributed by atoms with Crippen LogP contribution in [0.1, 0.15) is 29.9 Å². The van der Waals surface area contributed by atoms with E-state index < -0.39 is 0 Å². The van der Waals surface area contributed by atoms with Gasteiger partial charge in [0.25, 0.3) is 5.91 Å². The zero-order chi connectivity index (χ0) is 17.8. The molecule has 3 heterocycles. The third-order valence-corrected chi connectivity index (χ3v) is 4.09. The molecule has 2 N–H and O–H groups in total. The molecule has 7 nitrogen and oxygen atoms in total. The maximum atomic E-state index is 12.4. The van der Waals surface area contributed by atoms with Gasteiger partial charge in [-0.25, -0.2) is 9.97 Å². The average molecular weight is 339 g/mol. The number of carbonyl (C=O) groups excluding carboxylic acids is 1. The second-order valence-electron chi connectivity index (χ2n) is 6.27. The summed E-state index contributed by atoms with van der Waals surface area (Å²) >= 11 is 0. The highest BCUT2D eigenvalue weighted by Gasteiger charge is 2.17. The highest BCUT2D eigenvalue weighted by molar-refractivity contribution is 5.96. The standard InChI is InChI=1S/C18H21N5O2/c1-12(2)16(10-24)22-18(25)13-7-15-17(20-8-13)23(11-21-15)9-14-5-3-4-6-19-14/h3-8,11-12,16,24H,9-10H2,1-2H3,(H,22,25)/t16-/m0/s1. The van der Waals surface area contributed by atoms with Gasteiger partial charge in [0.1, 0.15) is 5.52 Å². The van der Waals surface area contributed by atoms with Crippen molar-refractivity contribution in [3.05, 3.63) is 54.2 Å². The van der Waals surface area contributed by atoms with Crippen molar-refractivity contribution in [2.45, 2.75) is 26.4 Å². The van der Waals surface area contributed by atoms with Gasteiger partial charge in [0, 0.05) is 12.4 Å². The molecule has 1 amide bonds. The number of nitrogens with one attached hydrogen (secondary N) is 1. The normalized spacial score (nSPS) is 12.5. The topological polar surface area (TPSA) is 92.9 Å². The van der Waals surface area contributed by atoms with Crippen molar-refractivity contribution in [3.63, 3.8) is 0 Å². The third kappa shape index (κ3) is 3.83. The largest absolute Gasteiger partial charge is 0.394 e. The zero-order valence-corrected chi connectivity index (χ0v) is 14.3. The predicted octanol–water partition coefficient (Wildman–Crippen LogP) is 1.62. The highest BCUT2D eigenvalue weighted by atomic mass is 16.3. The van der Waals surface area contributed by atoms with E-state index in [-0.39, 0.29) is 24.5 Å². The first kappa shape index (κ1) is 17.0. The van der Waals surface area contributed by atoms with Crippen LogP contribution in [0.4, 0.5) is 0 Å². The first-order valence-electron chi connectivity index (χ1n) is 8.21. The van der Waals surface area contributed by atoms with Gasteiger partial charge >= 0.3 is 0 Å². The zero-order valence-electron chi connectivity index (χ0n) is 14.3. The third-order valence-electron chi connectivity index (χ3n) is 4.09. The molecule has 0 aliphatic rings. The summed E-state index contributed by atoms with van der Waals surface area (Å²) in [6.07, 6.45) is 4.97. The van der Waals surface area contributed by atoms with Gasteiger partial charge in [-0.05, 0) is 24.1 Å². The number of carbonyl (C=O) groups is 1. The Hall–Kier alpha value is -2.80. The summed E-state index contributed by atoms with van der Waals surface area (Å²) in [4.78, 5) is 25.4. The fourth-order valence-electron chi connectivity index (χ4n) is 2.53. The van der Waals surface area contributed by atoms with E-state index >= 15 is 0 Å². The van der Waals surface area contributed by atoms with Crippen molar-refractivity contribution in [1.29, 1.82) is 0 Å². The van der Waals surface area contributed by atoms with Crippen molar-refractivity contribution < 1.29 is 9.90 Å². The summed E-state index contributed by atoms with van der Waals surface area (Å²) in [5.41, 5.74) is 2.68. The number of fused-ring (bicyclic) bond motifs is 1. The number of amides is 1. The Morgan fingerprint density at radius 2 is 2.12 bits per heavy atom. The molecule has 0 saturated carbocycles. The molecule has 0 spiro atoms. The van der Waals surface area contributed by atoms with Crippen LogP contribution < -0.4 is 5.32 Å². The van der Waals surface area contributed by atoms with Crippen LogP contribution in [0.25, 0.3) is 11.2 Å². The van der Waals surface area contributed by atoms with Crippen molar-refractivity contribution in [2.24, 2.45) is 5.92 Å². The lowest BCUT2D eigenvalue weighted by molar-refractivity contribution is 0.0896. The van der Waals surface area contributed by atoms with Crippen LogP contribution in [-0.4, -0.2) is 43.2 Å². The van der Waals surface area contributed by atoms with E-state index in [2.05, 4.69) is 20.3 Å². The Morgan fingerprint density at radius 3 is 2.80 bits per heavy atom. The fourth-order valence-corrected chi connectivity index (χ4v) is 2.53. The fraction of sp³-hybridized carbons (Fsp3) is 0.333. The Bertz CT molecular complexity index is 860. The maximum Gasteiger partial charge on any atom is 0.253 e. The van der Waals surface area contributed by atoms with Crippen LogP contribution in [0.3, 0.4) is 0 Å². The van der Waals surface area contributed by atoms with E-state index in [1.54, 1.807) is 18.6 Å². The van der Waals surface area contributed by atoms with Gasteiger partial charge < -0.3 is 15.0 Å². The molecule has 25 heavy (non-hydrogen) atoms. The number of aliphatic hydroxyl groups excluding tert-OH is 1. The second kappa shape index (κ2) is 7.40. The Morgan fingerprint density at radius 1 is 1.28 bits per heavy atom. The van der Waals surface area contributed by atoms with Gasteiger partial charge in [-0.3, -0.25) is 9.78 Å². The molecule has 3 aromatic heterocycles. The van der Waals surface area contributed by atoms with E-state index in [9.17, 15) is 9.90 Å². The highest BCUT2D eigenvalue weighted by Crippen LogP contribution is 2.14. The predicted molar refractivity (Wildman–Crippen MR) is 94.0 cm³/mol. The van der Waals surface area contributed by atoms with Crippen LogP contribution in [0.5, 0.6) is 0 Å². The van der Waals surface area contributed by atoms with E-state index in [4.69, 9.17) is 0 Å². The van der Waals surface area contributed by atoms with Gasteiger partial charge in [-0.15, -0.1) is 0 Å². The minimum Gasteiger partial charge on any atom is -0.394 e. The van der Waals surface area contributed by atoms with Crippen LogP contribution >= 0.6 is 0 Å². The molecule has 130 valence electrons. The molecule has 0 fully saturated rings. The number of aliphatic hydroxyl groups is 1. The lowest BCUT2D eigenvalue weighted by Crippen LogP contribution is -2.41. The van der Waals surface area contributed by atoms with Gasteiger partial charge in [0.15, 0.2) is 5.65 Å². The van der Waals surface area contributed by atoms with Gasteiger partial charge in [0.2, 0.25) is 0 Å². The molecule has 7 heteroatoms. The number of hydrogen-bond donors (Lipinski definition) is 2. The number of pyridine rings is 2. The monoisotopic (exact) mass is 339 g/mol. The van der Waals surface area contributed by atoms with Gasteiger partial charge in [-0.1, -0.05) is 19.9 Å². The molecule has 1 atom stereocenters. The first-order chi connectivity index (χ1) is 12.1. The smallest absolute Gasteiger partial charge is 0.253 e. The van der Waals surface area contributed by atoms with E-state index in [1.807, 2.05) is 36.6 Å². The van der Waals surface area contributed by atoms with E-state index in [0.717, 1.165) is 5.69 Å². The van der Waals surface area contributed by atoms with Gasteiger partial charge in [0.05, 0.1) is 36.8 Å². The molecule has 0 saturated heterocycles. The first-order valence-corrected chi connectivity index (χ1v) is 8.21. The van der Waals surface area contributed by atoms with Crippen LogP contribution in [0.2, 0.25) is 0 Å². The lowest BCUT2D eigenvalue weighted by Gasteiger charge is -2.19. The molecular weight excluding hydrogens is 318 g/mol. The summed E-state index contributed by atoms with van der Waals surface area (Å²) in [5.74, 6) is -0.121. The number of aromatic nitrogens is 4.